The van der Waals surface area contributed by atoms with Gasteiger partial charge in [-0.25, -0.2) is 14.4 Å². The van der Waals surface area contributed by atoms with Gasteiger partial charge in [-0.2, -0.15) is 0 Å². The lowest BCUT2D eigenvalue weighted by molar-refractivity contribution is -0.136. The van der Waals surface area contributed by atoms with Crippen LogP contribution in [0.1, 0.15) is 87.8 Å². The number of benzene rings is 4. The van der Waals surface area contributed by atoms with E-state index in [0.29, 0.717) is 58.3 Å². The zero-order chi connectivity index (χ0) is 46.8. The van der Waals surface area contributed by atoms with Crippen molar-refractivity contribution in [2.24, 2.45) is 7.05 Å². The first-order valence-corrected chi connectivity index (χ1v) is 21.3. The topological polar surface area (TPSA) is 217 Å². The van der Waals surface area contributed by atoms with E-state index in [0.717, 1.165) is 23.0 Å². The van der Waals surface area contributed by atoms with Crippen molar-refractivity contribution in [3.05, 3.63) is 117 Å². The van der Waals surface area contributed by atoms with Crippen molar-refractivity contribution in [1.82, 2.24) is 24.8 Å². The van der Waals surface area contributed by atoms with E-state index >= 15 is 4.39 Å². The average Bonchev–Trinajstić information content (AvgIpc) is 3.56. The van der Waals surface area contributed by atoms with E-state index in [1.807, 2.05) is 19.1 Å². The molecule has 3 N–H and O–H groups in total. The molecule has 66 heavy (non-hydrogen) atoms. The zero-order valence-electron chi connectivity index (χ0n) is 36.4. The number of nitrogens with one attached hydrogen (secondary N) is 3. The molecule has 0 bridgehead atoms. The minimum absolute atomic E-state index is 0.000137. The van der Waals surface area contributed by atoms with E-state index in [-0.39, 0.29) is 71.5 Å². The number of ether oxygens (including phenoxy) is 3. The van der Waals surface area contributed by atoms with Crippen molar-refractivity contribution in [2.75, 3.05) is 24.4 Å². The summed E-state index contributed by atoms with van der Waals surface area (Å²) < 4.78 is 34.9. The summed E-state index contributed by atoms with van der Waals surface area (Å²) >= 11 is 0. The molecule has 0 radical (unpaired) electrons. The Morgan fingerprint density at radius 3 is 2.47 bits per heavy atom. The third-order valence-electron chi connectivity index (χ3n) is 11.7. The molecule has 338 valence electrons. The molecule has 1 saturated heterocycles. The number of pyridine rings is 1. The Kier molecular flexibility index (Phi) is 12.6. The lowest BCUT2D eigenvalue weighted by atomic mass is 10.0. The fourth-order valence-corrected chi connectivity index (χ4v) is 8.12. The normalized spacial score (nSPS) is 14.6. The lowest BCUT2D eigenvalue weighted by Crippen LogP contribution is -2.54. The Bertz CT molecular complexity index is 3080. The van der Waals surface area contributed by atoms with Gasteiger partial charge in [0.05, 0.1) is 47.0 Å². The van der Waals surface area contributed by atoms with Crippen molar-refractivity contribution in [1.29, 1.82) is 0 Å². The molecule has 4 aromatic carbocycles. The first kappa shape index (κ1) is 44.6. The van der Waals surface area contributed by atoms with E-state index < -0.39 is 46.8 Å². The number of halogens is 1. The predicted octanol–water partition coefficient (Wildman–Crippen LogP) is 6.52. The van der Waals surface area contributed by atoms with E-state index in [1.54, 1.807) is 36.7 Å². The van der Waals surface area contributed by atoms with Crippen molar-refractivity contribution in [3.63, 3.8) is 0 Å². The number of carbonyl (C=O) groups is 6. The van der Waals surface area contributed by atoms with Crippen LogP contribution in [0.5, 0.6) is 23.1 Å². The van der Waals surface area contributed by atoms with Crippen LogP contribution in [-0.4, -0.2) is 74.6 Å². The Balaban J connectivity index is 0.856. The summed E-state index contributed by atoms with van der Waals surface area (Å²) in [5.74, 6) is -3.85. The number of aromatic nitrogens is 3. The molecule has 4 heterocycles. The monoisotopic (exact) mass is 897 g/mol. The first-order chi connectivity index (χ1) is 31.8. The maximum Gasteiger partial charge on any atom is 0.264 e. The van der Waals surface area contributed by atoms with Crippen molar-refractivity contribution in [2.45, 2.75) is 64.8 Å². The van der Waals surface area contributed by atoms with Gasteiger partial charge in [-0.05, 0) is 87.1 Å². The van der Waals surface area contributed by atoms with Gasteiger partial charge in [0, 0.05) is 48.8 Å². The number of hydrogen-bond donors (Lipinski definition) is 3. The number of fused-ring (bicyclic) bond motifs is 3. The van der Waals surface area contributed by atoms with Crippen LogP contribution in [-0.2, 0) is 27.9 Å². The third-order valence-corrected chi connectivity index (χ3v) is 11.7. The second kappa shape index (κ2) is 18.6. The molecule has 2 aliphatic heterocycles. The highest BCUT2D eigenvalue weighted by atomic mass is 19.1. The number of rotatable bonds is 15. The molecule has 2 aliphatic rings. The predicted molar refractivity (Wildman–Crippen MR) is 240 cm³/mol. The minimum atomic E-state index is -1.12. The molecule has 17 nitrogen and oxygen atoms in total. The second-order valence-electron chi connectivity index (χ2n) is 15.8. The minimum Gasteiger partial charge on any atom is -0.493 e. The molecular formula is C48H44FN7O10. The quantitative estimate of drug-likeness (QED) is 0.0741. The van der Waals surface area contributed by atoms with Gasteiger partial charge in [-0.15, -0.1) is 0 Å². The van der Waals surface area contributed by atoms with Gasteiger partial charge >= 0.3 is 0 Å². The lowest BCUT2D eigenvalue weighted by Gasteiger charge is -2.27. The highest BCUT2D eigenvalue weighted by molar-refractivity contribution is 6.26. The number of methoxy groups -OCH3 is 1. The Morgan fingerprint density at radius 2 is 1.71 bits per heavy atom. The highest BCUT2D eigenvalue weighted by Crippen LogP contribution is 2.37. The largest absolute Gasteiger partial charge is 0.493 e. The number of unbranched alkanes of at least 4 members (excludes halogenated alkanes) is 2. The average molecular weight is 898 g/mol. The van der Waals surface area contributed by atoms with Crippen LogP contribution < -0.4 is 35.6 Å². The van der Waals surface area contributed by atoms with Crippen molar-refractivity contribution in [3.8, 4) is 23.1 Å². The zero-order valence-corrected chi connectivity index (χ0v) is 36.4. The summed E-state index contributed by atoms with van der Waals surface area (Å²) in [5.41, 5.74) is 2.43. The van der Waals surface area contributed by atoms with Gasteiger partial charge in [0.1, 0.15) is 17.9 Å². The number of amides is 6. The Morgan fingerprint density at radius 1 is 0.894 bits per heavy atom. The molecule has 0 saturated carbocycles. The smallest absolute Gasteiger partial charge is 0.264 e. The SMILES string of the molecule is CCc1ccc2c(c1)c(=O)c(C(=O)Nc1ccc(Oc3ncnc4cc(OCCCCCC(=O)Nc5cccc6c5C(=O)N(C5CCC(=O)NC5=O)C6=O)c(OC)cc34)c(F)c1)c(C)n2C. The van der Waals surface area contributed by atoms with E-state index in [1.165, 1.54) is 43.8 Å². The van der Waals surface area contributed by atoms with Crippen LogP contribution in [0.15, 0.2) is 77.9 Å². The van der Waals surface area contributed by atoms with Gasteiger partial charge in [-0.3, -0.25) is 43.8 Å². The van der Waals surface area contributed by atoms with Crippen LogP contribution in [0.25, 0.3) is 21.8 Å². The number of nitrogens with zero attached hydrogens (tertiary/aromatic N) is 4. The summed E-state index contributed by atoms with van der Waals surface area (Å²) in [6, 6.07) is 16.1. The van der Waals surface area contributed by atoms with Crippen LogP contribution >= 0.6 is 0 Å². The standard InChI is InChI=1S/C48H44FN7O10/c1-5-26-13-15-34-30(20-26)43(59)41(25(2)55(34)3)45(61)52-27-14-17-36(31(49)21-27)66-46-29-22-37(64-4)38(23-33(29)50-24-51-46)65-19-8-6-7-12-39(57)53-32-11-9-10-28-42(32)48(63)56(47(28)62)35-16-18-40(58)54-44(35)60/h9-11,13-15,17,20-24,35H,5-8,12,16,18-19H2,1-4H3,(H,52,61)(H,53,57)(H,54,58,60). The van der Waals surface area contributed by atoms with Crippen LogP contribution in [0, 0.1) is 12.7 Å². The summed E-state index contributed by atoms with van der Waals surface area (Å²) in [4.78, 5) is 99.8. The van der Waals surface area contributed by atoms with E-state index in [9.17, 15) is 33.6 Å². The summed E-state index contributed by atoms with van der Waals surface area (Å²) in [5, 5.41) is 8.36. The molecule has 8 rings (SSSR count). The van der Waals surface area contributed by atoms with Crippen LogP contribution in [0.4, 0.5) is 15.8 Å². The molecular weight excluding hydrogens is 854 g/mol. The van der Waals surface area contributed by atoms with Crippen LogP contribution in [0.2, 0.25) is 0 Å². The first-order valence-electron chi connectivity index (χ1n) is 21.3. The fourth-order valence-electron chi connectivity index (χ4n) is 8.12. The number of carbonyl (C=O) groups excluding carboxylic acids is 6. The number of hydrogen-bond acceptors (Lipinski definition) is 12. The second-order valence-corrected chi connectivity index (χ2v) is 15.8. The van der Waals surface area contributed by atoms with Gasteiger partial charge in [0.25, 0.3) is 17.7 Å². The highest BCUT2D eigenvalue weighted by Gasteiger charge is 2.45. The van der Waals surface area contributed by atoms with E-state index in [4.69, 9.17) is 14.2 Å². The molecule has 2 aromatic heterocycles. The molecule has 0 spiro atoms. The number of imide groups is 2. The van der Waals surface area contributed by atoms with Gasteiger partial charge in [0.2, 0.25) is 29.0 Å². The fraction of sp³-hybridized carbons (Fsp3) is 0.271. The Labute approximate surface area is 376 Å². The number of piperidine rings is 1. The summed E-state index contributed by atoms with van der Waals surface area (Å²) in [6.07, 6.45) is 3.76. The maximum absolute atomic E-state index is 15.6. The molecule has 6 amide bonds. The van der Waals surface area contributed by atoms with Crippen LogP contribution in [0.3, 0.4) is 0 Å². The molecule has 18 heteroatoms. The summed E-state index contributed by atoms with van der Waals surface area (Å²) in [6.45, 7) is 3.93. The maximum atomic E-state index is 15.6. The molecule has 1 atom stereocenters. The van der Waals surface area contributed by atoms with Gasteiger partial charge in [-0.1, -0.05) is 19.1 Å². The van der Waals surface area contributed by atoms with Crippen molar-refractivity contribution >= 4 is 68.6 Å². The number of anilines is 2. The molecule has 1 fully saturated rings. The third kappa shape index (κ3) is 8.64. The van der Waals surface area contributed by atoms with Crippen molar-refractivity contribution < 1.29 is 47.4 Å². The molecule has 1 unspecified atom stereocenters. The van der Waals surface area contributed by atoms with Gasteiger partial charge in [0.15, 0.2) is 23.1 Å². The molecule has 6 aromatic rings. The Hall–Kier alpha value is -8.02. The van der Waals surface area contributed by atoms with Gasteiger partial charge < -0.3 is 29.4 Å². The summed E-state index contributed by atoms with van der Waals surface area (Å²) in [7, 11) is 3.24. The molecule has 0 aliphatic carbocycles. The van der Waals surface area contributed by atoms with E-state index in [2.05, 4.69) is 25.9 Å². The number of aryl methyl sites for hydroxylation is 2.